The maximum Gasteiger partial charge on any atom is 0.0640 e. The van der Waals surface area contributed by atoms with Crippen molar-refractivity contribution >= 4 is 11.4 Å². The van der Waals surface area contributed by atoms with Gasteiger partial charge in [0.2, 0.25) is 0 Å². The third-order valence-corrected chi connectivity index (χ3v) is 3.42. The van der Waals surface area contributed by atoms with E-state index in [2.05, 4.69) is 73.3 Å². The van der Waals surface area contributed by atoms with Crippen LogP contribution < -0.4 is 4.90 Å². The van der Waals surface area contributed by atoms with Gasteiger partial charge < -0.3 is 4.90 Å². The van der Waals surface area contributed by atoms with Gasteiger partial charge in [0.05, 0.1) is 12.5 Å². The fourth-order valence-electron chi connectivity index (χ4n) is 2.42. The highest BCUT2D eigenvalue weighted by Gasteiger charge is 2.12. The second-order valence-electron chi connectivity index (χ2n) is 4.88. The van der Waals surface area contributed by atoms with Crippen molar-refractivity contribution in [2.75, 3.05) is 11.4 Å². The molecule has 0 unspecified atom stereocenters. The second kappa shape index (κ2) is 6.77. The van der Waals surface area contributed by atoms with Crippen LogP contribution in [-0.2, 0) is 6.42 Å². The molecular formula is C18H20N2. The standard InChI is InChI=1S/C18H20N2/c1-3-16-9-4-5-11-18(16)20(13-7-12-19)17-10-6-8-15(2)14-17/h4-6,8-11,14H,3,7,13H2,1-2H3. The maximum absolute atomic E-state index is 8.91. The minimum atomic E-state index is 0.520. The highest BCUT2D eigenvalue weighted by atomic mass is 15.1. The summed E-state index contributed by atoms with van der Waals surface area (Å²) in [5.41, 5.74) is 4.90. The summed E-state index contributed by atoms with van der Waals surface area (Å²) in [4.78, 5) is 2.25. The van der Waals surface area contributed by atoms with Gasteiger partial charge in [0, 0.05) is 17.9 Å². The first-order valence-corrected chi connectivity index (χ1v) is 7.05. The third kappa shape index (κ3) is 3.19. The van der Waals surface area contributed by atoms with Crippen LogP contribution in [0.2, 0.25) is 0 Å². The van der Waals surface area contributed by atoms with Gasteiger partial charge in [-0.05, 0) is 42.7 Å². The van der Waals surface area contributed by atoms with E-state index in [9.17, 15) is 0 Å². The van der Waals surface area contributed by atoms with Crippen LogP contribution in [0.3, 0.4) is 0 Å². The van der Waals surface area contributed by atoms with Crippen molar-refractivity contribution in [1.29, 1.82) is 5.26 Å². The van der Waals surface area contributed by atoms with E-state index in [4.69, 9.17) is 5.26 Å². The Balaban J connectivity index is 2.44. The molecule has 0 spiro atoms. The Labute approximate surface area is 121 Å². The normalized spacial score (nSPS) is 10.1. The molecule has 2 heteroatoms. The summed E-state index contributed by atoms with van der Waals surface area (Å²) in [6, 6.07) is 19.1. The van der Waals surface area contributed by atoms with E-state index >= 15 is 0 Å². The largest absolute Gasteiger partial charge is 0.340 e. The Morgan fingerprint density at radius 2 is 1.90 bits per heavy atom. The fraction of sp³-hybridized carbons (Fsp3) is 0.278. The van der Waals surface area contributed by atoms with Crippen molar-refractivity contribution in [1.82, 2.24) is 0 Å². The molecule has 0 aliphatic heterocycles. The van der Waals surface area contributed by atoms with Crippen molar-refractivity contribution in [2.45, 2.75) is 26.7 Å². The third-order valence-electron chi connectivity index (χ3n) is 3.42. The predicted molar refractivity (Wildman–Crippen MR) is 84.2 cm³/mol. The number of benzene rings is 2. The molecule has 0 heterocycles. The van der Waals surface area contributed by atoms with Crippen molar-refractivity contribution < 1.29 is 0 Å². The Kier molecular flexibility index (Phi) is 4.79. The van der Waals surface area contributed by atoms with Gasteiger partial charge in [0.15, 0.2) is 0 Å². The fourth-order valence-corrected chi connectivity index (χ4v) is 2.42. The van der Waals surface area contributed by atoms with E-state index in [1.165, 1.54) is 16.8 Å². The van der Waals surface area contributed by atoms with Crippen molar-refractivity contribution in [3.63, 3.8) is 0 Å². The molecule has 2 aromatic rings. The lowest BCUT2D eigenvalue weighted by molar-refractivity contribution is 0.934. The molecule has 0 radical (unpaired) electrons. The lowest BCUT2D eigenvalue weighted by Gasteiger charge is -2.26. The molecule has 0 saturated carbocycles. The zero-order valence-electron chi connectivity index (χ0n) is 12.1. The highest BCUT2D eigenvalue weighted by Crippen LogP contribution is 2.29. The predicted octanol–water partition coefficient (Wildman–Crippen LogP) is 4.61. The Morgan fingerprint density at radius 3 is 2.60 bits per heavy atom. The molecule has 102 valence electrons. The van der Waals surface area contributed by atoms with Crippen LogP contribution in [-0.4, -0.2) is 6.54 Å². The first-order valence-electron chi connectivity index (χ1n) is 7.05. The van der Waals surface area contributed by atoms with Gasteiger partial charge in [-0.3, -0.25) is 0 Å². The summed E-state index contributed by atoms with van der Waals surface area (Å²) in [5.74, 6) is 0. The smallest absolute Gasteiger partial charge is 0.0640 e. The number of hydrogen-bond donors (Lipinski definition) is 0. The summed E-state index contributed by atoms with van der Waals surface area (Å²) < 4.78 is 0. The summed E-state index contributed by atoms with van der Waals surface area (Å²) in [6.45, 7) is 4.98. The molecule has 20 heavy (non-hydrogen) atoms. The van der Waals surface area contributed by atoms with E-state index in [-0.39, 0.29) is 0 Å². The summed E-state index contributed by atoms with van der Waals surface area (Å²) in [5, 5.41) is 8.91. The van der Waals surface area contributed by atoms with Crippen molar-refractivity contribution in [3.8, 4) is 6.07 Å². The molecule has 0 aliphatic rings. The second-order valence-corrected chi connectivity index (χ2v) is 4.88. The number of rotatable bonds is 5. The first-order chi connectivity index (χ1) is 9.76. The van der Waals surface area contributed by atoms with Crippen molar-refractivity contribution in [3.05, 3.63) is 59.7 Å². The number of hydrogen-bond acceptors (Lipinski definition) is 2. The van der Waals surface area contributed by atoms with E-state index in [1.807, 2.05) is 0 Å². The Morgan fingerprint density at radius 1 is 1.10 bits per heavy atom. The summed E-state index contributed by atoms with van der Waals surface area (Å²) in [7, 11) is 0. The minimum Gasteiger partial charge on any atom is -0.340 e. The SMILES string of the molecule is CCc1ccccc1N(CCC#N)c1cccc(C)c1. The molecular weight excluding hydrogens is 244 g/mol. The molecule has 0 amide bonds. The van der Waals surface area contributed by atoms with Crippen LogP contribution in [0.15, 0.2) is 48.5 Å². The highest BCUT2D eigenvalue weighted by molar-refractivity contribution is 5.67. The van der Waals surface area contributed by atoms with Gasteiger partial charge in [0.1, 0.15) is 0 Å². The van der Waals surface area contributed by atoms with Crippen LogP contribution in [0.25, 0.3) is 0 Å². The number of anilines is 2. The summed E-state index contributed by atoms with van der Waals surface area (Å²) in [6.07, 6.45) is 1.51. The van der Waals surface area contributed by atoms with E-state index in [1.54, 1.807) is 0 Å². The van der Waals surface area contributed by atoms with E-state index in [0.717, 1.165) is 18.7 Å². The molecule has 2 rings (SSSR count). The summed E-state index contributed by atoms with van der Waals surface area (Å²) >= 11 is 0. The lowest BCUT2D eigenvalue weighted by Crippen LogP contribution is -2.19. The molecule has 0 aromatic heterocycles. The van der Waals surface area contributed by atoms with Gasteiger partial charge in [-0.25, -0.2) is 0 Å². The maximum atomic E-state index is 8.91. The molecule has 0 saturated heterocycles. The van der Waals surface area contributed by atoms with Gasteiger partial charge >= 0.3 is 0 Å². The lowest BCUT2D eigenvalue weighted by atomic mass is 10.1. The number of nitriles is 1. The Hall–Kier alpha value is -2.27. The molecule has 0 bridgehead atoms. The van der Waals surface area contributed by atoms with Gasteiger partial charge in [-0.15, -0.1) is 0 Å². The monoisotopic (exact) mass is 264 g/mol. The Bertz CT molecular complexity index is 611. The van der Waals surface area contributed by atoms with Crippen LogP contribution in [0.1, 0.15) is 24.5 Å². The molecule has 0 aliphatic carbocycles. The van der Waals surface area contributed by atoms with E-state index < -0.39 is 0 Å². The van der Waals surface area contributed by atoms with Crippen molar-refractivity contribution in [2.24, 2.45) is 0 Å². The van der Waals surface area contributed by atoms with Crippen LogP contribution in [0.4, 0.5) is 11.4 Å². The topological polar surface area (TPSA) is 27.0 Å². The average molecular weight is 264 g/mol. The quantitative estimate of drug-likeness (QED) is 0.788. The van der Waals surface area contributed by atoms with E-state index in [0.29, 0.717) is 6.42 Å². The average Bonchev–Trinajstić information content (AvgIpc) is 2.48. The van der Waals surface area contributed by atoms with Gasteiger partial charge in [-0.1, -0.05) is 37.3 Å². The zero-order valence-corrected chi connectivity index (χ0v) is 12.1. The van der Waals surface area contributed by atoms with Gasteiger partial charge in [0.25, 0.3) is 0 Å². The number of nitrogens with zero attached hydrogens (tertiary/aromatic N) is 2. The van der Waals surface area contributed by atoms with Crippen LogP contribution in [0, 0.1) is 18.3 Å². The zero-order chi connectivity index (χ0) is 14.4. The molecule has 0 N–H and O–H groups in total. The number of para-hydroxylation sites is 1. The molecule has 0 fully saturated rings. The number of aryl methyl sites for hydroxylation is 2. The molecule has 2 nitrogen and oxygen atoms in total. The molecule has 0 atom stereocenters. The van der Waals surface area contributed by atoms with Crippen LogP contribution in [0.5, 0.6) is 0 Å². The van der Waals surface area contributed by atoms with Gasteiger partial charge in [-0.2, -0.15) is 5.26 Å². The molecule has 2 aromatic carbocycles. The minimum absolute atomic E-state index is 0.520. The van der Waals surface area contributed by atoms with Crippen LogP contribution >= 0.6 is 0 Å². The first kappa shape index (κ1) is 14.1.